The van der Waals surface area contributed by atoms with Gasteiger partial charge in [0, 0.05) is 0 Å². The molecule has 0 radical (unpaired) electrons. The molecule has 0 aliphatic carbocycles. The van der Waals surface area contributed by atoms with Gasteiger partial charge in [-0.2, -0.15) is 0 Å². The van der Waals surface area contributed by atoms with E-state index >= 15 is 0 Å². The maximum Gasteiger partial charge on any atom is 1.00 e. The Bertz CT molecular complexity index is 388. The molecule has 0 amide bonds. The van der Waals surface area contributed by atoms with Crippen LogP contribution in [0.5, 0.6) is 0 Å². The van der Waals surface area contributed by atoms with Gasteiger partial charge < -0.3 is 10.9 Å². The smallest absolute Gasteiger partial charge is 1.00 e. The molecule has 4 nitrogen and oxygen atoms in total. The Morgan fingerprint density at radius 3 is 1.32 bits per heavy atom. The summed E-state index contributed by atoms with van der Waals surface area (Å²) in [4.78, 5) is 23.2. The van der Waals surface area contributed by atoms with Gasteiger partial charge >= 0.3 is 30.8 Å². The molecule has 0 N–H and O–H groups in total. The van der Waals surface area contributed by atoms with Crippen LogP contribution in [0.3, 0.4) is 0 Å². The second kappa shape index (κ2) is 8.03. The van der Waals surface area contributed by atoms with Gasteiger partial charge in [-0.3, -0.25) is 0 Å². The van der Waals surface area contributed by atoms with E-state index in [1.54, 1.807) is 52.0 Å². The van der Waals surface area contributed by atoms with Crippen LogP contribution in [0, 0.1) is 0 Å². The number of hydrogen-bond acceptors (Lipinski definition) is 4. The Hall–Kier alpha value is -1.24. The van der Waals surface area contributed by atoms with Crippen LogP contribution in [-0.4, -0.2) is 24.1 Å². The van der Waals surface area contributed by atoms with E-state index in [1.807, 2.05) is 0 Å². The normalized spacial score (nSPS) is 10.0. The fraction of sp³-hybridized carbons (Fsp3) is 0.429. The van der Waals surface area contributed by atoms with Crippen molar-refractivity contribution in [1.29, 1.82) is 0 Å². The van der Waals surface area contributed by atoms with Crippen molar-refractivity contribution in [2.75, 3.05) is 0 Å². The van der Waals surface area contributed by atoms with E-state index in [2.05, 4.69) is 0 Å². The molecule has 0 heterocycles. The standard InChI is InChI=1S/C14H18O4.Li.H/c1-9(2)17-13(15)11-5-7-12(8-6-11)14(16)18-10(3)4;;/h5-10H,1-4H3;;/q;+1;-1. The number of benzene rings is 1. The largest absolute Gasteiger partial charge is 1.00 e. The first-order valence-electron chi connectivity index (χ1n) is 5.92. The van der Waals surface area contributed by atoms with Crippen molar-refractivity contribution < 1.29 is 39.4 Å². The van der Waals surface area contributed by atoms with Gasteiger partial charge in [-0.15, -0.1) is 0 Å². The average molecular weight is 258 g/mol. The fourth-order valence-corrected chi connectivity index (χ4v) is 1.31. The minimum atomic E-state index is -0.395. The van der Waals surface area contributed by atoms with E-state index in [1.165, 1.54) is 0 Å². The second-order valence-corrected chi connectivity index (χ2v) is 4.49. The zero-order valence-corrected chi connectivity index (χ0v) is 12.1. The van der Waals surface area contributed by atoms with E-state index < -0.39 is 11.9 Å². The minimum Gasteiger partial charge on any atom is -1.00 e. The van der Waals surface area contributed by atoms with Gasteiger partial charge in [0.2, 0.25) is 0 Å². The van der Waals surface area contributed by atoms with Crippen molar-refractivity contribution >= 4 is 11.9 Å². The Balaban J connectivity index is 0. The van der Waals surface area contributed by atoms with Crippen LogP contribution in [0.25, 0.3) is 0 Å². The number of carbonyl (C=O) groups is 2. The van der Waals surface area contributed by atoms with Gasteiger partial charge in [-0.25, -0.2) is 9.59 Å². The first-order chi connectivity index (χ1) is 8.40. The van der Waals surface area contributed by atoms with Crippen LogP contribution >= 0.6 is 0 Å². The van der Waals surface area contributed by atoms with Crippen LogP contribution in [0.4, 0.5) is 0 Å². The summed E-state index contributed by atoms with van der Waals surface area (Å²) < 4.78 is 10.1. The van der Waals surface area contributed by atoms with Crippen molar-refractivity contribution in [3.8, 4) is 0 Å². The summed E-state index contributed by atoms with van der Waals surface area (Å²) >= 11 is 0. The van der Waals surface area contributed by atoms with Gasteiger partial charge in [-0.05, 0) is 52.0 Å². The average Bonchev–Trinajstić information content (AvgIpc) is 2.27. The summed E-state index contributed by atoms with van der Waals surface area (Å²) in [6, 6.07) is 6.23. The van der Waals surface area contributed by atoms with Crippen molar-refractivity contribution in [2.24, 2.45) is 0 Å². The molecule has 0 saturated heterocycles. The molecule has 1 rings (SSSR count). The Labute approximate surface area is 127 Å². The SMILES string of the molecule is CC(C)OC(=O)c1ccc(C(=O)OC(C)C)cc1.[H-].[Li+]. The summed E-state index contributed by atoms with van der Waals surface area (Å²) in [6.07, 6.45) is -0.328. The molecule has 0 aromatic heterocycles. The van der Waals surface area contributed by atoms with Gasteiger partial charge in [0.1, 0.15) is 0 Å². The second-order valence-electron chi connectivity index (χ2n) is 4.49. The molecule has 0 atom stereocenters. The van der Waals surface area contributed by atoms with Crippen LogP contribution in [0.15, 0.2) is 24.3 Å². The van der Waals surface area contributed by atoms with Gasteiger partial charge in [0.15, 0.2) is 0 Å². The summed E-state index contributed by atoms with van der Waals surface area (Å²) in [6.45, 7) is 7.14. The first-order valence-corrected chi connectivity index (χ1v) is 5.92. The van der Waals surface area contributed by atoms with Crippen LogP contribution < -0.4 is 18.9 Å². The Morgan fingerprint density at radius 1 is 0.842 bits per heavy atom. The topological polar surface area (TPSA) is 52.6 Å². The quantitative estimate of drug-likeness (QED) is 0.560. The fourth-order valence-electron chi connectivity index (χ4n) is 1.31. The van der Waals surface area contributed by atoms with Crippen molar-refractivity contribution in [1.82, 2.24) is 0 Å². The van der Waals surface area contributed by atoms with Gasteiger partial charge in [0.25, 0.3) is 0 Å². The monoisotopic (exact) mass is 258 g/mol. The number of esters is 2. The van der Waals surface area contributed by atoms with E-state index in [0.717, 1.165) is 0 Å². The molecule has 1 aromatic rings. The molecule has 100 valence electrons. The van der Waals surface area contributed by atoms with Crippen molar-refractivity contribution in [2.45, 2.75) is 39.9 Å². The number of ether oxygens (including phenoxy) is 2. The molecule has 0 bridgehead atoms. The van der Waals surface area contributed by atoms with E-state index in [9.17, 15) is 9.59 Å². The maximum absolute atomic E-state index is 11.6. The zero-order chi connectivity index (χ0) is 13.7. The van der Waals surface area contributed by atoms with Gasteiger partial charge in [-0.1, -0.05) is 0 Å². The molecule has 0 aliphatic heterocycles. The molecular weight excluding hydrogens is 239 g/mol. The van der Waals surface area contributed by atoms with Gasteiger partial charge in [0.05, 0.1) is 23.3 Å². The predicted octanol–water partition coefficient (Wildman–Crippen LogP) is -0.0665. The molecule has 0 spiro atoms. The zero-order valence-electron chi connectivity index (χ0n) is 13.1. The summed E-state index contributed by atoms with van der Waals surface area (Å²) in [5.74, 6) is -0.789. The maximum atomic E-state index is 11.6. The van der Waals surface area contributed by atoms with Crippen molar-refractivity contribution in [3.05, 3.63) is 35.4 Å². The molecule has 19 heavy (non-hydrogen) atoms. The predicted molar refractivity (Wildman–Crippen MR) is 68.7 cm³/mol. The van der Waals surface area contributed by atoms with E-state index in [4.69, 9.17) is 9.47 Å². The third-order valence-electron chi connectivity index (χ3n) is 2.04. The first kappa shape index (κ1) is 17.8. The summed E-state index contributed by atoms with van der Waals surface area (Å²) in [5, 5.41) is 0. The minimum absolute atomic E-state index is 0. The van der Waals surface area contributed by atoms with Crippen LogP contribution in [0.2, 0.25) is 0 Å². The molecular formula is C14H19LiO4. The van der Waals surface area contributed by atoms with Crippen LogP contribution in [-0.2, 0) is 9.47 Å². The molecule has 1 aromatic carbocycles. The van der Waals surface area contributed by atoms with E-state index in [-0.39, 0.29) is 32.5 Å². The van der Waals surface area contributed by atoms with Crippen LogP contribution in [0.1, 0.15) is 49.8 Å². The number of rotatable bonds is 4. The molecule has 5 heteroatoms. The number of hydrogen-bond donors (Lipinski definition) is 0. The van der Waals surface area contributed by atoms with E-state index in [0.29, 0.717) is 11.1 Å². The molecule has 0 fully saturated rings. The molecule has 0 aliphatic rings. The third kappa shape index (κ3) is 5.95. The summed E-state index contributed by atoms with van der Waals surface area (Å²) in [7, 11) is 0. The van der Waals surface area contributed by atoms with Crippen molar-refractivity contribution in [3.63, 3.8) is 0 Å². The molecule has 0 saturated carbocycles. The Kier molecular flexibility index (Phi) is 7.51. The molecule has 0 unspecified atom stereocenters. The Morgan fingerprint density at radius 2 is 1.11 bits per heavy atom. The summed E-state index contributed by atoms with van der Waals surface area (Å²) in [5.41, 5.74) is 0.842. The third-order valence-corrected chi connectivity index (χ3v) is 2.04. The number of carbonyl (C=O) groups excluding carboxylic acids is 2.